The van der Waals surface area contributed by atoms with Gasteiger partial charge in [0.1, 0.15) is 0 Å². The molecule has 0 aliphatic heterocycles. The summed E-state index contributed by atoms with van der Waals surface area (Å²) in [7, 11) is 0. The van der Waals surface area contributed by atoms with Gasteiger partial charge in [0, 0.05) is 5.57 Å². The predicted octanol–water partition coefficient (Wildman–Crippen LogP) is 2.67. The lowest BCUT2D eigenvalue weighted by molar-refractivity contribution is 0.832. The number of hydrogen-bond acceptors (Lipinski definition) is 1. The van der Waals surface area contributed by atoms with E-state index in [0.29, 0.717) is 5.92 Å². The third-order valence-electron chi connectivity index (χ3n) is 1.02. The van der Waals surface area contributed by atoms with Crippen molar-refractivity contribution in [2.24, 2.45) is 5.92 Å². The fourth-order valence-corrected chi connectivity index (χ4v) is 0.459. The average Bonchev–Trinajstić information content (AvgIpc) is 1.87. The molecule has 54 valence electrons. The van der Waals surface area contributed by atoms with Crippen LogP contribution in [0.4, 0.5) is 0 Å². The maximum absolute atomic E-state index is 8.35. The van der Waals surface area contributed by atoms with Crippen LogP contribution >= 0.6 is 0 Å². The fourth-order valence-electron chi connectivity index (χ4n) is 0.459. The molecule has 0 spiro atoms. The third-order valence-corrected chi connectivity index (χ3v) is 1.02. The molecule has 0 heterocycles. The van der Waals surface area contributed by atoms with Crippen molar-refractivity contribution in [3.8, 4) is 6.07 Å². The van der Waals surface area contributed by atoms with Crippen LogP contribution in [0, 0.1) is 17.2 Å². The van der Waals surface area contributed by atoms with Crippen molar-refractivity contribution < 1.29 is 0 Å². The lowest BCUT2D eigenvalue weighted by atomic mass is 10.2. The quantitative estimate of drug-likeness (QED) is 0.422. The molecule has 0 saturated carbocycles. The van der Waals surface area contributed by atoms with E-state index in [2.05, 4.69) is 19.9 Å². The highest BCUT2D eigenvalue weighted by molar-refractivity contribution is 5.22. The van der Waals surface area contributed by atoms with Gasteiger partial charge in [-0.05, 0) is 18.9 Å². The Morgan fingerprint density at radius 3 is 2.50 bits per heavy atom. The molecule has 0 amide bonds. The first-order valence-corrected chi connectivity index (χ1v) is 3.42. The first-order chi connectivity index (χ1) is 4.66. The van der Waals surface area contributed by atoms with Gasteiger partial charge in [0.05, 0.1) is 6.07 Å². The molecular weight excluding hydrogens is 122 g/mol. The number of rotatable bonds is 2. The summed E-state index contributed by atoms with van der Waals surface area (Å²) in [6, 6.07) is 2.05. The molecule has 0 aliphatic carbocycles. The second-order valence-electron chi connectivity index (χ2n) is 2.59. The van der Waals surface area contributed by atoms with Gasteiger partial charge >= 0.3 is 0 Å². The van der Waals surface area contributed by atoms with E-state index in [1.165, 1.54) is 0 Å². The minimum absolute atomic E-state index is 0.558. The first kappa shape index (κ1) is 8.97. The SMILES string of the molecule is C/C(C#N)=C\C=C/C(C)C. The van der Waals surface area contributed by atoms with Gasteiger partial charge in [-0.1, -0.05) is 26.0 Å². The Bertz CT molecular complexity index is 179. The molecule has 0 atom stereocenters. The van der Waals surface area contributed by atoms with E-state index < -0.39 is 0 Å². The highest BCUT2D eigenvalue weighted by Crippen LogP contribution is 1.95. The highest BCUT2D eigenvalue weighted by Gasteiger charge is 1.81. The molecule has 0 aromatic heterocycles. The van der Waals surface area contributed by atoms with Crippen molar-refractivity contribution in [3.05, 3.63) is 23.8 Å². The maximum Gasteiger partial charge on any atom is 0.0944 e. The minimum atomic E-state index is 0.558. The van der Waals surface area contributed by atoms with Crippen LogP contribution in [-0.2, 0) is 0 Å². The molecule has 10 heavy (non-hydrogen) atoms. The Morgan fingerprint density at radius 1 is 1.50 bits per heavy atom. The van der Waals surface area contributed by atoms with Gasteiger partial charge in [0.15, 0.2) is 0 Å². The van der Waals surface area contributed by atoms with Crippen molar-refractivity contribution in [1.82, 2.24) is 0 Å². The summed E-state index contributed by atoms with van der Waals surface area (Å²) < 4.78 is 0. The van der Waals surface area contributed by atoms with E-state index in [4.69, 9.17) is 5.26 Å². The van der Waals surface area contributed by atoms with Crippen LogP contribution in [0.2, 0.25) is 0 Å². The van der Waals surface area contributed by atoms with Gasteiger partial charge in [-0.15, -0.1) is 0 Å². The van der Waals surface area contributed by atoms with E-state index >= 15 is 0 Å². The van der Waals surface area contributed by atoms with Crippen LogP contribution in [0.1, 0.15) is 20.8 Å². The van der Waals surface area contributed by atoms with Crippen molar-refractivity contribution in [2.75, 3.05) is 0 Å². The van der Waals surface area contributed by atoms with Crippen LogP contribution in [0.3, 0.4) is 0 Å². The Kier molecular flexibility index (Phi) is 4.32. The second-order valence-corrected chi connectivity index (χ2v) is 2.59. The van der Waals surface area contributed by atoms with Crippen LogP contribution < -0.4 is 0 Å². The summed E-state index contributed by atoms with van der Waals surface area (Å²) in [4.78, 5) is 0. The Labute approximate surface area is 62.7 Å². The molecule has 0 rings (SSSR count). The smallest absolute Gasteiger partial charge is 0.0944 e. The minimum Gasteiger partial charge on any atom is -0.193 e. The Hall–Kier alpha value is -1.03. The summed E-state index contributed by atoms with van der Waals surface area (Å²) in [5.74, 6) is 0.558. The van der Waals surface area contributed by atoms with E-state index in [0.717, 1.165) is 5.57 Å². The molecular formula is C9H13N. The molecule has 0 radical (unpaired) electrons. The molecule has 0 saturated heterocycles. The van der Waals surface area contributed by atoms with Gasteiger partial charge in [0.2, 0.25) is 0 Å². The monoisotopic (exact) mass is 135 g/mol. The molecule has 0 aromatic carbocycles. The molecule has 1 nitrogen and oxygen atoms in total. The maximum atomic E-state index is 8.35. The van der Waals surface area contributed by atoms with Gasteiger partial charge in [0.25, 0.3) is 0 Å². The lowest BCUT2D eigenvalue weighted by Gasteiger charge is -1.89. The van der Waals surface area contributed by atoms with Gasteiger partial charge in [-0.25, -0.2) is 0 Å². The first-order valence-electron chi connectivity index (χ1n) is 3.42. The molecule has 0 bridgehead atoms. The van der Waals surface area contributed by atoms with Gasteiger partial charge < -0.3 is 0 Å². The number of nitrogens with zero attached hydrogens (tertiary/aromatic N) is 1. The summed E-state index contributed by atoms with van der Waals surface area (Å²) in [6.07, 6.45) is 5.80. The standard InChI is InChI=1S/C9H13N/c1-8(2)5-4-6-9(3)7-10/h4-6,8H,1-3H3/b5-4-,9-6+. The highest BCUT2D eigenvalue weighted by atomic mass is 14.2. The number of hydrogen-bond donors (Lipinski definition) is 0. The molecule has 0 aromatic rings. The molecule has 0 N–H and O–H groups in total. The van der Waals surface area contributed by atoms with Crippen LogP contribution in [0.15, 0.2) is 23.8 Å². The zero-order valence-corrected chi connectivity index (χ0v) is 6.76. The van der Waals surface area contributed by atoms with Crippen LogP contribution in [0.5, 0.6) is 0 Å². The topological polar surface area (TPSA) is 23.8 Å². The van der Waals surface area contributed by atoms with Crippen LogP contribution in [0.25, 0.3) is 0 Å². The fraction of sp³-hybridized carbons (Fsp3) is 0.444. The summed E-state index contributed by atoms with van der Waals surface area (Å²) >= 11 is 0. The van der Waals surface area contributed by atoms with E-state index in [-0.39, 0.29) is 0 Å². The van der Waals surface area contributed by atoms with Crippen LogP contribution in [-0.4, -0.2) is 0 Å². The molecule has 0 fully saturated rings. The zero-order valence-electron chi connectivity index (χ0n) is 6.76. The third kappa shape index (κ3) is 5.11. The number of allylic oxidation sites excluding steroid dienone is 4. The number of nitriles is 1. The zero-order chi connectivity index (χ0) is 7.98. The van der Waals surface area contributed by atoms with Crippen molar-refractivity contribution in [1.29, 1.82) is 5.26 Å². The van der Waals surface area contributed by atoms with E-state index in [1.54, 1.807) is 6.92 Å². The predicted molar refractivity (Wildman–Crippen MR) is 43.3 cm³/mol. The second kappa shape index (κ2) is 4.81. The van der Waals surface area contributed by atoms with Crippen molar-refractivity contribution in [2.45, 2.75) is 20.8 Å². The van der Waals surface area contributed by atoms with Crippen molar-refractivity contribution in [3.63, 3.8) is 0 Å². The lowest BCUT2D eigenvalue weighted by Crippen LogP contribution is -1.75. The van der Waals surface area contributed by atoms with Gasteiger partial charge in [-0.3, -0.25) is 0 Å². The molecule has 0 aliphatic rings. The van der Waals surface area contributed by atoms with Gasteiger partial charge in [-0.2, -0.15) is 5.26 Å². The summed E-state index contributed by atoms with van der Waals surface area (Å²) in [5.41, 5.74) is 0.747. The van der Waals surface area contributed by atoms with Crippen molar-refractivity contribution >= 4 is 0 Å². The summed E-state index contributed by atoms with van der Waals surface area (Å²) in [6.45, 7) is 6.00. The molecule has 0 unspecified atom stereocenters. The van der Waals surface area contributed by atoms with E-state index in [9.17, 15) is 0 Å². The average molecular weight is 135 g/mol. The summed E-state index contributed by atoms with van der Waals surface area (Å²) in [5, 5.41) is 8.35. The Morgan fingerprint density at radius 2 is 2.10 bits per heavy atom. The molecule has 1 heteroatoms. The van der Waals surface area contributed by atoms with E-state index in [1.807, 2.05) is 18.2 Å². The Balaban J connectivity index is 3.85. The largest absolute Gasteiger partial charge is 0.193 e. The normalized spacial score (nSPS) is 12.5.